The van der Waals surface area contributed by atoms with Crippen LogP contribution < -0.4 is 4.74 Å². The van der Waals surface area contributed by atoms with Crippen molar-refractivity contribution in [3.8, 4) is 11.5 Å². The fourth-order valence-corrected chi connectivity index (χ4v) is 3.14. The molecule has 0 aliphatic rings. The van der Waals surface area contributed by atoms with Crippen molar-refractivity contribution in [2.45, 2.75) is 18.6 Å². The summed E-state index contributed by atoms with van der Waals surface area (Å²) in [6.07, 6.45) is 1.57. The van der Waals surface area contributed by atoms with E-state index in [1.807, 2.05) is 67.6 Å². The Labute approximate surface area is 159 Å². The number of hydrogen-bond donors (Lipinski definition) is 2. The molecule has 0 bridgehead atoms. The Morgan fingerprint density at radius 1 is 0.889 bits per heavy atom. The maximum absolute atomic E-state index is 11.7. The highest BCUT2D eigenvalue weighted by atomic mass is 16.5. The molecule has 1 atom stereocenters. The number of phenols is 1. The molecule has 0 aromatic heterocycles. The van der Waals surface area contributed by atoms with Crippen molar-refractivity contribution < 1.29 is 14.9 Å². The van der Waals surface area contributed by atoms with E-state index in [-0.39, 0.29) is 5.75 Å². The molecule has 0 saturated carbocycles. The molecule has 0 saturated heterocycles. The zero-order valence-electron chi connectivity index (χ0n) is 15.4. The van der Waals surface area contributed by atoms with Gasteiger partial charge in [0.05, 0.1) is 13.2 Å². The Morgan fingerprint density at radius 3 is 1.96 bits per heavy atom. The van der Waals surface area contributed by atoms with Crippen molar-refractivity contribution in [1.82, 2.24) is 0 Å². The molecule has 3 aromatic rings. The van der Waals surface area contributed by atoms with Gasteiger partial charge >= 0.3 is 0 Å². The highest BCUT2D eigenvalue weighted by molar-refractivity contribution is 5.85. The highest BCUT2D eigenvalue weighted by Gasteiger charge is 2.37. The molecule has 138 valence electrons. The minimum absolute atomic E-state index is 0.0268. The standard InChI is InChI=1S/C23H23NO3/c1-17(24-16-18-10-9-15-21(27-2)22(18)25)23(26,19-11-5-3-6-12-19)20-13-7-4-8-14-20/h3-17,25-26H,1-2H3. The number of para-hydroxylation sites is 1. The fourth-order valence-electron chi connectivity index (χ4n) is 3.14. The lowest BCUT2D eigenvalue weighted by atomic mass is 9.81. The largest absolute Gasteiger partial charge is 0.504 e. The van der Waals surface area contributed by atoms with Gasteiger partial charge in [-0.3, -0.25) is 4.99 Å². The van der Waals surface area contributed by atoms with Crippen molar-refractivity contribution >= 4 is 6.21 Å². The quantitative estimate of drug-likeness (QED) is 0.649. The lowest BCUT2D eigenvalue weighted by Gasteiger charge is -2.33. The van der Waals surface area contributed by atoms with E-state index in [1.165, 1.54) is 7.11 Å². The summed E-state index contributed by atoms with van der Waals surface area (Å²) in [6, 6.07) is 23.7. The number of hydrogen-bond acceptors (Lipinski definition) is 4. The third kappa shape index (κ3) is 3.71. The Hall–Kier alpha value is -3.11. The van der Waals surface area contributed by atoms with E-state index in [0.29, 0.717) is 11.3 Å². The smallest absolute Gasteiger partial charge is 0.166 e. The Morgan fingerprint density at radius 2 is 1.44 bits per heavy atom. The van der Waals surface area contributed by atoms with E-state index in [0.717, 1.165) is 11.1 Å². The van der Waals surface area contributed by atoms with E-state index >= 15 is 0 Å². The van der Waals surface area contributed by atoms with Gasteiger partial charge in [0, 0.05) is 11.8 Å². The molecule has 3 rings (SSSR count). The molecule has 0 heterocycles. The molecular weight excluding hydrogens is 338 g/mol. The van der Waals surface area contributed by atoms with Crippen LogP contribution in [0.1, 0.15) is 23.6 Å². The summed E-state index contributed by atoms with van der Waals surface area (Å²) in [4.78, 5) is 4.56. The molecule has 4 nitrogen and oxygen atoms in total. The lowest BCUT2D eigenvalue weighted by molar-refractivity contribution is 0.0589. The molecule has 0 radical (unpaired) electrons. The molecule has 2 N–H and O–H groups in total. The number of rotatable bonds is 6. The zero-order chi connectivity index (χ0) is 19.3. The van der Waals surface area contributed by atoms with E-state index in [2.05, 4.69) is 4.99 Å². The molecular formula is C23H23NO3. The average molecular weight is 361 g/mol. The monoisotopic (exact) mass is 361 g/mol. The van der Waals surface area contributed by atoms with Crippen molar-refractivity contribution in [2.75, 3.05) is 7.11 Å². The van der Waals surface area contributed by atoms with Crippen LogP contribution in [0.2, 0.25) is 0 Å². The molecule has 0 aliphatic heterocycles. The minimum Gasteiger partial charge on any atom is -0.504 e. The van der Waals surface area contributed by atoms with Crippen molar-refractivity contribution in [1.29, 1.82) is 0 Å². The maximum Gasteiger partial charge on any atom is 0.166 e. The first-order valence-electron chi connectivity index (χ1n) is 8.80. The Kier molecular flexibility index (Phi) is 5.57. The first-order valence-corrected chi connectivity index (χ1v) is 8.80. The van der Waals surface area contributed by atoms with Crippen molar-refractivity contribution in [3.05, 3.63) is 95.6 Å². The van der Waals surface area contributed by atoms with Crippen LogP contribution in [0.5, 0.6) is 11.5 Å². The lowest BCUT2D eigenvalue weighted by Crippen LogP contribution is -2.38. The molecule has 0 amide bonds. The summed E-state index contributed by atoms with van der Waals surface area (Å²) in [5.41, 5.74) is 0.754. The third-order valence-electron chi connectivity index (χ3n) is 4.72. The second kappa shape index (κ2) is 8.06. The van der Waals surface area contributed by atoms with Crippen LogP contribution in [0.25, 0.3) is 0 Å². The number of methoxy groups -OCH3 is 1. The first kappa shape index (κ1) is 18.7. The van der Waals surface area contributed by atoms with Crippen LogP contribution in [-0.4, -0.2) is 29.6 Å². The topological polar surface area (TPSA) is 62.0 Å². The molecule has 4 heteroatoms. The second-order valence-corrected chi connectivity index (χ2v) is 6.35. The summed E-state index contributed by atoms with van der Waals surface area (Å²) >= 11 is 0. The number of phenolic OH excluding ortho intramolecular Hbond substituents is 1. The second-order valence-electron chi connectivity index (χ2n) is 6.35. The van der Waals surface area contributed by atoms with Crippen LogP contribution in [0, 0.1) is 0 Å². The molecule has 0 fully saturated rings. The number of benzene rings is 3. The van der Waals surface area contributed by atoms with Crippen LogP contribution in [0.15, 0.2) is 83.9 Å². The van der Waals surface area contributed by atoms with E-state index in [9.17, 15) is 10.2 Å². The van der Waals surface area contributed by atoms with Gasteiger partial charge in [-0.15, -0.1) is 0 Å². The van der Waals surface area contributed by atoms with Crippen LogP contribution in [0.3, 0.4) is 0 Å². The predicted molar refractivity (Wildman–Crippen MR) is 108 cm³/mol. The third-order valence-corrected chi connectivity index (χ3v) is 4.72. The SMILES string of the molecule is COc1cccc(C=NC(C)C(O)(c2ccccc2)c2ccccc2)c1O. The number of ether oxygens (including phenoxy) is 1. The number of aliphatic imine (C=N–C) groups is 1. The normalized spacial score (nSPS) is 12.9. The van der Waals surface area contributed by atoms with Gasteiger partial charge in [0.1, 0.15) is 5.60 Å². The first-order chi connectivity index (χ1) is 13.1. The van der Waals surface area contributed by atoms with E-state index < -0.39 is 11.6 Å². The van der Waals surface area contributed by atoms with Gasteiger partial charge in [-0.25, -0.2) is 0 Å². The van der Waals surface area contributed by atoms with Gasteiger partial charge in [-0.1, -0.05) is 66.7 Å². The van der Waals surface area contributed by atoms with Crippen molar-refractivity contribution in [3.63, 3.8) is 0 Å². The van der Waals surface area contributed by atoms with E-state index in [4.69, 9.17) is 4.74 Å². The summed E-state index contributed by atoms with van der Waals surface area (Å²) < 4.78 is 5.14. The Balaban J connectivity index is 2.01. The zero-order valence-corrected chi connectivity index (χ0v) is 15.4. The van der Waals surface area contributed by atoms with Gasteiger partial charge in [0.15, 0.2) is 11.5 Å². The minimum atomic E-state index is -1.30. The molecule has 27 heavy (non-hydrogen) atoms. The van der Waals surface area contributed by atoms with Crippen LogP contribution in [-0.2, 0) is 5.60 Å². The van der Waals surface area contributed by atoms with Crippen LogP contribution in [0.4, 0.5) is 0 Å². The Bertz CT molecular complexity index is 868. The van der Waals surface area contributed by atoms with Gasteiger partial charge in [-0.05, 0) is 30.2 Å². The molecule has 3 aromatic carbocycles. The summed E-state index contributed by atoms with van der Waals surface area (Å²) in [5.74, 6) is 0.409. The number of aliphatic hydroxyl groups is 1. The van der Waals surface area contributed by atoms with Crippen LogP contribution >= 0.6 is 0 Å². The summed E-state index contributed by atoms with van der Waals surface area (Å²) in [6.45, 7) is 1.85. The van der Waals surface area contributed by atoms with E-state index in [1.54, 1.807) is 24.4 Å². The fraction of sp³-hybridized carbons (Fsp3) is 0.174. The molecule has 1 unspecified atom stereocenters. The van der Waals surface area contributed by atoms with Crippen molar-refractivity contribution in [2.24, 2.45) is 4.99 Å². The summed E-state index contributed by atoms with van der Waals surface area (Å²) in [7, 11) is 1.50. The maximum atomic E-state index is 11.7. The summed E-state index contributed by atoms with van der Waals surface area (Å²) in [5, 5.41) is 21.9. The highest BCUT2D eigenvalue weighted by Crippen LogP contribution is 2.35. The predicted octanol–water partition coefficient (Wildman–Crippen LogP) is 4.14. The number of nitrogens with zero attached hydrogens (tertiary/aromatic N) is 1. The van der Waals surface area contributed by atoms with Gasteiger partial charge in [0.25, 0.3) is 0 Å². The van der Waals surface area contributed by atoms with Gasteiger partial charge < -0.3 is 14.9 Å². The van der Waals surface area contributed by atoms with Gasteiger partial charge in [-0.2, -0.15) is 0 Å². The number of aromatic hydroxyl groups is 1. The molecule has 0 spiro atoms. The average Bonchev–Trinajstić information content (AvgIpc) is 2.73. The van der Waals surface area contributed by atoms with Gasteiger partial charge in [0.2, 0.25) is 0 Å². The molecule has 0 aliphatic carbocycles.